The molecule has 2 amide bonds. The van der Waals surface area contributed by atoms with Gasteiger partial charge in [-0.05, 0) is 31.5 Å². The molecule has 1 saturated heterocycles. The van der Waals surface area contributed by atoms with Gasteiger partial charge in [0.25, 0.3) is 0 Å². The summed E-state index contributed by atoms with van der Waals surface area (Å²) in [5.41, 5.74) is 2.03. The molecule has 0 saturated carbocycles. The van der Waals surface area contributed by atoms with Gasteiger partial charge in [0.15, 0.2) is 0 Å². The van der Waals surface area contributed by atoms with Crippen molar-refractivity contribution in [1.82, 2.24) is 9.80 Å². The molecule has 3 rings (SSSR count). The van der Waals surface area contributed by atoms with E-state index in [4.69, 9.17) is 4.74 Å². The fourth-order valence-corrected chi connectivity index (χ4v) is 3.57. The van der Waals surface area contributed by atoms with E-state index in [1.54, 1.807) is 16.9 Å². The second-order valence-corrected chi connectivity index (χ2v) is 7.46. The number of para-hydroxylation sites is 2. The number of hydrogen-bond acceptors (Lipinski definition) is 4. The average Bonchev–Trinajstić information content (AvgIpc) is 2.77. The highest BCUT2D eigenvalue weighted by atomic mass is 16.5. The number of amides is 2. The van der Waals surface area contributed by atoms with E-state index in [2.05, 4.69) is 4.90 Å². The van der Waals surface area contributed by atoms with Crippen LogP contribution in [0.4, 0.5) is 5.69 Å². The first-order valence-electron chi connectivity index (χ1n) is 10.0. The zero-order valence-electron chi connectivity index (χ0n) is 17.4. The Kier molecular flexibility index (Phi) is 6.75. The molecule has 0 aromatic heterocycles. The fraction of sp³-hybridized carbons (Fsp3) is 0.391. The number of ether oxygens (including phenoxy) is 1. The second kappa shape index (κ2) is 9.45. The van der Waals surface area contributed by atoms with Crippen molar-refractivity contribution in [2.75, 3.05) is 38.2 Å². The molecule has 0 aliphatic carbocycles. The highest BCUT2D eigenvalue weighted by Gasteiger charge is 2.31. The Balaban J connectivity index is 1.63. The molecule has 29 heavy (non-hydrogen) atoms. The summed E-state index contributed by atoms with van der Waals surface area (Å²) < 4.78 is 5.44. The van der Waals surface area contributed by atoms with E-state index in [0.29, 0.717) is 32.7 Å². The van der Waals surface area contributed by atoms with Crippen LogP contribution in [0.2, 0.25) is 0 Å². The van der Waals surface area contributed by atoms with E-state index in [1.165, 1.54) is 0 Å². The number of hydrogen-bond donors (Lipinski definition) is 0. The predicted molar refractivity (Wildman–Crippen MR) is 114 cm³/mol. The van der Waals surface area contributed by atoms with E-state index in [-0.39, 0.29) is 6.04 Å². The summed E-state index contributed by atoms with van der Waals surface area (Å²) in [5.74, 6) is -0.0406. The van der Waals surface area contributed by atoms with Crippen LogP contribution in [0.1, 0.15) is 19.4 Å². The van der Waals surface area contributed by atoms with E-state index < -0.39 is 11.8 Å². The van der Waals surface area contributed by atoms with Gasteiger partial charge in [0.1, 0.15) is 5.75 Å². The summed E-state index contributed by atoms with van der Waals surface area (Å²) in [7, 11) is 1.66. The highest BCUT2D eigenvalue weighted by molar-refractivity contribution is 6.35. The van der Waals surface area contributed by atoms with Gasteiger partial charge in [-0.2, -0.15) is 0 Å². The molecule has 2 aromatic rings. The molecule has 1 aliphatic rings. The number of carbonyl (C=O) groups excluding carboxylic acids is 2. The van der Waals surface area contributed by atoms with Crippen molar-refractivity contribution in [3.8, 4) is 5.75 Å². The molecule has 0 N–H and O–H groups in total. The lowest BCUT2D eigenvalue weighted by Gasteiger charge is -2.37. The van der Waals surface area contributed by atoms with Crippen LogP contribution in [0.3, 0.4) is 0 Å². The Morgan fingerprint density at radius 2 is 1.59 bits per heavy atom. The van der Waals surface area contributed by atoms with Crippen LogP contribution in [0.25, 0.3) is 0 Å². The Morgan fingerprint density at radius 1 is 0.966 bits per heavy atom. The molecule has 0 radical (unpaired) electrons. The molecule has 154 valence electrons. The largest absolute Gasteiger partial charge is 0.495 e. The average molecular weight is 396 g/mol. The smallest absolute Gasteiger partial charge is 0.312 e. The maximum atomic E-state index is 12.9. The van der Waals surface area contributed by atoms with Crippen LogP contribution < -0.4 is 9.64 Å². The zero-order valence-corrected chi connectivity index (χ0v) is 17.4. The number of benzene rings is 2. The van der Waals surface area contributed by atoms with Crippen molar-refractivity contribution < 1.29 is 14.3 Å². The number of carbonyl (C=O) groups is 2. The van der Waals surface area contributed by atoms with Crippen LogP contribution in [-0.4, -0.2) is 60.9 Å². The molecular formula is C23H29N3O3. The van der Waals surface area contributed by atoms with Crippen molar-refractivity contribution >= 4 is 17.5 Å². The third kappa shape index (κ3) is 4.88. The first-order chi connectivity index (χ1) is 14.0. The van der Waals surface area contributed by atoms with Crippen molar-refractivity contribution in [2.45, 2.75) is 26.4 Å². The molecule has 0 atom stereocenters. The first-order valence-corrected chi connectivity index (χ1v) is 10.0. The summed E-state index contributed by atoms with van der Waals surface area (Å²) in [6.07, 6.45) is 0. The molecule has 6 heteroatoms. The Morgan fingerprint density at radius 3 is 2.21 bits per heavy atom. The summed E-state index contributed by atoms with van der Waals surface area (Å²) in [4.78, 5) is 31.3. The van der Waals surface area contributed by atoms with Gasteiger partial charge in [-0.1, -0.05) is 42.5 Å². The van der Waals surface area contributed by atoms with Gasteiger partial charge in [-0.15, -0.1) is 0 Å². The standard InChI is InChI=1S/C23H29N3O3/c1-18(2)26(17-19-9-5-4-6-10-19)23(28)22(27)25-15-13-24(14-16-25)20-11-7-8-12-21(20)29-3/h4-12,18H,13-17H2,1-3H3. The normalized spacial score (nSPS) is 14.1. The molecular weight excluding hydrogens is 366 g/mol. The minimum absolute atomic E-state index is 0.0541. The minimum Gasteiger partial charge on any atom is -0.495 e. The summed E-state index contributed by atoms with van der Waals surface area (Å²) in [6, 6.07) is 17.6. The molecule has 1 fully saturated rings. The topological polar surface area (TPSA) is 53.1 Å². The zero-order chi connectivity index (χ0) is 20.8. The summed E-state index contributed by atoms with van der Waals surface area (Å²) in [5, 5.41) is 0. The quantitative estimate of drug-likeness (QED) is 0.731. The van der Waals surface area contributed by atoms with Crippen LogP contribution in [0.5, 0.6) is 5.75 Å². The van der Waals surface area contributed by atoms with Crippen LogP contribution in [0, 0.1) is 0 Å². The monoisotopic (exact) mass is 395 g/mol. The molecule has 2 aromatic carbocycles. The fourth-order valence-electron chi connectivity index (χ4n) is 3.57. The molecule has 6 nitrogen and oxygen atoms in total. The van der Waals surface area contributed by atoms with E-state index in [0.717, 1.165) is 17.0 Å². The Hall–Kier alpha value is -3.02. The molecule has 1 heterocycles. The minimum atomic E-state index is -0.436. The highest BCUT2D eigenvalue weighted by Crippen LogP contribution is 2.28. The second-order valence-electron chi connectivity index (χ2n) is 7.46. The number of anilines is 1. The SMILES string of the molecule is COc1ccccc1N1CCN(C(=O)C(=O)N(Cc2ccccc2)C(C)C)CC1. The molecule has 1 aliphatic heterocycles. The van der Waals surface area contributed by atoms with Gasteiger partial charge in [0.2, 0.25) is 0 Å². The number of nitrogens with zero attached hydrogens (tertiary/aromatic N) is 3. The number of piperazine rings is 1. The van der Waals surface area contributed by atoms with Crippen LogP contribution in [0.15, 0.2) is 54.6 Å². The summed E-state index contributed by atoms with van der Waals surface area (Å²) in [6.45, 7) is 6.67. The lowest BCUT2D eigenvalue weighted by molar-refractivity contribution is -0.153. The van der Waals surface area contributed by atoms with Gasteiger partial charge >= 0.3 is 11.8 Å². The first kappa shape index (κ1) is 20.7. The van der Waals surface area contributed by atoms with Crippen LogP contribution >= 0.6 is 0 Å². The van der Waals surface area contributed by atoms with E-state index in [1.807, 2.05) is 68.4 Å². The van der Waals surface area contributed by atoms with Crippen molar-refractivity contribution in [2.24, 2.45) is 0 Å². The van der Waals surface area contributed by atoms with E-state index >= 15 is 0 Å². The Labute approximate surface area is 172 Å². The number of rotatable bonds is 5. The van der Waals surface area contributed by atoms with E-state index in [9.17, 15) is 9.59 Å². The molecule has 0 unspecified atom stereocenters. The predicted octanol–water partition coefficient (Wildman–Crippen LogP) is 2.78. The lowest BCUT2D eigenvalue weighted by atomic mass is 10.1. The van der Waals surface area contributed by atoms with Crippen molar-refractivity contribution in [1.29, 1.82) is 0 Å². The third-order valence-electron chi connectivity index (χ3n) is 5.26. The van der Waals surface area contributed by atoms with Gasteiger partial charge in [-0.25, -0.2) is 0 Å². The van der Waals surface area contributed by atoms with Crippen molar-refractivity contribution in [3.63, 3.8) is 0 Å². The third-order valence-corrected chi connectivity index (χ3v) is 5.26. The Bertz CT molecular complexity index is 830. The maximum Gasteiger partial charge on any atom is 0.312 e. The molecule has 0 spiro atoms. The van der Waals surface area contributed by atoms with Crippen LogP contribution in [-0.2, 0) is 16.1 Å². The van der Waals surface area contributed by atoms with Crippen molar-refractivity contribution in [3.05, 3.63) is 60.2 Å². The van der Waals surface area contributed by atoms with Gasteiger partial charge in [-0.3, -0.25) is 9.59 Å². The van der Waals surface area contributed by atoms with Gasteiger partial charge < -0.3 is 19.4 Å². The summed E-state index contributed by atoms with van der Waals surface area (Å²) >= 11 is 0. The van der Waals surface area contributed by atoms with Gasteiger partial charge in [0, 0.05) is 38.8 Å². The lowest BCUT2D eigenvalue weighted by Crippen LogP contribution is -2.54. The molecule has 0 bridgehead atoms. The maximum absolute atomic E-state index is 12.9. The van der Waals surface area contributed by atoms with Gasteiger partial charge in [0.05, 0.1) is 12.8 Å². The number of methoxy groups -OCH3 is 1.